The first-order valence-electron chi connectivity index (χ1n) is 4.54. The van der Waals surface area contributed by atoms with Gasteiger partial charge in [-0.1, -0.05) is 6.58 Å². The number of nitrogens with zero attached hydrogens (tertiary/aromatic N) is 1. The molecular formula is C11H10NO2. The Morgan fingerprint density at radius 2 is 2.21 bits per heavy atom. The topological polar surface area (TPSA) is 43.1 Å². The molecule has 2 rings (SSSR count). The van der Waals surface area contributed by atoms with E-state index in [1.807, 2.05) is 6.07 Å². The van der Waals surface area contributed by atoms with Gasteiger partial charge in [-0.15, -0.1) is 0 Å². The van der Waals surface area contributed by atoms with Crippen molar-refractivity contribution in [2.75, 3.05) is 0 Å². The van der Waals surface area contributed by atoms with Gasteiger partial charge in [0.05, 0.1) is 4.92 Å². The van der Waals surface area contributed by atoms with Crippen LogP contribution in [0.25, 0.3) is 0 Å². The fourth-order valence-electron chi connectivity index (χ4n) is 1.55. The highest BCUT2D eigenvalue weighted by Crippen LogP contribution is 2.44. The second-order valence-electron chi connectivity index (χ2n) is 3.48. The molecule has 0 amide bonds. The molecule has 1 aliphatic carbocycles. The van der Waals surface area contributed by atoms with Gasteiger partial charge in [-0.2, -0.15) is 0 Å². The van der Waals surface area contributed by atoms with Gasteiger partial charge in [0.2, 0.25) is 0 Å². The molecule has 1 radical (unpaired) electrons. The van der Waals surface area contributed by atoms with E-state index in [4.69, 9.17) is 0 Å². The van der Waals surface area contributed by atoms with Crippen LogP contribution < -0.4 is 0 Å². The number of nitro benzene ring substituents is 1. The summed E-state index contributed by atoms with van der Waals surface area (Å²) in [7, 11) is 0. The molecule has 1 fully saturated rings. The lowest BCUT2D eigenvalue weighted by Crippen LogP contribution is -1.94. The molecule has 0 saturated heterocycles. The van der Waals surface area contributed by atoms with Crippen molar-refractivity contribution in [2.24, 2.45) is 0 Å². The average molecular weight is 188 g/mol. The highest BCUT2D eigenvalue weighted by Gasteiger charge is 2.30. The van der Waals surface area contributed by atoms with Crippen LogP contribution in [0.5, 0.6) is 0 Å². The van der Waals surface area contributed by atoms with Crippen molar-refractivity contribution in [1.82, 2.24) is 0 Å². The summed E-state index contributed by atoms with van der Waals surface area (Å²) in [5, 5.41) is 10.7. The second kappa shape index (κ2) is 3.25. The molecule has 0 N–H and O–H groups in total. The van der Waals surface area contributed by atoms with Crippen LogP contribution in [-0.2, 0) is 0 Å². The molecule has 1 aromatic rings. The minimum absolute atomic E-state index is 0.228. The molecule has 0 heterocycles. The Hall–Kier alpha value is -1.64. The van der Waals surface area contributed by atoms with Crippen molar-refractivity contribution in [1.29, 1.82) is 0 Å². The molecule has 0 unspecified atom stereocenters. The van der Waals surface area contributed by atoms with Crippen LogP contribution in [0.3, 0.4) is 0 Å². The largest absolute Gasteiger partial charge is 0.272 e. The Kier molecular flexibility index (Phi) is 2.08. The van der Waals surface area contributed by atoms with E-state index in [0.29, 0.717) is 5.92 Å². The third-order valence-electron chi connectivity index (χ3n) is 2.45. The lowest BCUT2D eigenvalue weighted by atomic mass is 10.0. The molecule has 0 spiro atoms. The van der Waals surface area contributed by atoms with Crippen LogP contribution in [0.2, 0.25) is 0 Å². The third-order valence-corrected chi connectivity index (χ3v) is 2.45. The van der Waals surface area contributed by atoms with Crippen LogP contribution in [0.1, 0.15) is 29.9 Å². The predicted octanol–water partition coefficient (Wildman–Crippen LogP) is 2.81. The summed E-state index contributed by atoms with van der Waals surface area (Å²) in [5.74, 6) is 0.378. The third kappa shape index (κ3) is 1.53. The van der Waals surface area contributed by atoms with Gasteiger partial charge in [-0.05, 0) is 42.5 Å². The van der Waals surface area contributed by atoms with E-state index in [0.717, 1.165) is 24.0 Å². The minimum Gasteiger partial charge on any atom is -0.258 e. The number of rotatable bonds is 3. The highest BCUT2D eigenvalue weighted by molar-refractivity contribution is 5.47. The summed E-state index contributed by atoms with van der Waals surface area (Å²) >= 11 is 0. The smallest absolute Gasteiger partial charge is 0.258 e. The summed E-state index contributed by atoms with van der Waals surface area (Å²) in [6.45, 7) is 3.53. The van der Waals surface area contributed by atoms with Gasteiger partial charge in [0.15, 0.2) is 0 Å². The summed E-state index contributed by atoms with van der Waals surface area (Å²) in [6, 6.07) is 5.04. The van der Waals surface area contributed by atoms with Crippen LogP contribution in [0.15, 0.2) is 24.8 Å². The normalized spacial score (nSPS) is 15.1. The maximum absolute atomic E-state index is 10.7. The zero-order valence-corrected chi connectivity index (χ0v) is 7.69. The Labute approximate surface area is 82.2 Å². The zero-order valence-electron chi connectivity index (χ0n) is 7.69. The van der Waals surface area contributed by atoms with Gasteiger partial charge in [0.25, 0.3) is 5.69 Å². The number of benzene rings is 1. The van der Waals surface area contributed by atoms with E-state index in [2.05, 4.69) is 12.7 Å². The molecule has 71 valence electrons. The maximum atomic E-state index is 10.7. The molecule has 1 aromatic carbocycles. The summed E-state index contributed by atoms with van der Waals surface area (Å²) in [6.07, 6.45) is 4.86. The molecule has 3 nitrogen and oxygen atoms in total. The maximum Gasteiger partial charge on any atom is 0.272 e. The molecule has 0 aromatic heterocycles. The molecule has 0 aliphatic heterocycles. The summed E-state index contributed by atoms with van der Waals surface area (Å²) < 4.78 is 0. The van der Waals surface area contributed by atoms with Crippen molar-refractivity contribution < 1.29 is 4.92 Å². The second-order valence-corrected chi connectivity index (χ2v) is 3.48. The van der Waals surface area contributed by atoms with E-state index in [-0.39, 0.29) is 10.6 Å². The quantitative estimate of drug-likeness (QED) is 0.540. The fourth-order valence-corrected chi connectivity index (χ4v) is 1.55. The Bertz CT molecular complexity index is 394. The van der Waals surface area contributed by atoms with E-state index in [1.165, 1.54) is 0 Å². The minimum atomic E-state index is -0.319. The van der Waals surface area contributed by atoms with Gasteiger partial charge < -0.3 is 0 Å². The van der Waals surface area contributed by atoms with E-state index >= 15 is 0 Å². The first-order valence-corrected chi connectivity index (χ1v) is 4.54. The summed E-state index contributed by atoms with van der Waals surface area (Å²) in [4.78, 5) is 10.4. The van der Waals surface area contributed by atoms with Gasteiger partial charge in [-0.25, -0.2) is 0 Å². The summed E-state index contributed by atoms with van der Waals surface area (Å²) in [5.41, 5.74) is 1.90. The Morgan fingerprint density at radius 1 is 1.50 bits per heavy atom. The molecule has 0 bridgehead atoms. The Morgan fingerprint density at radius 3 is 2.71 bits per heavy atom. The van der Waals surface area contributed by atoms with Crippen molar-refractivity contribution in [3.05, 3.63) is 52.1 Å². The molecule has 3 heteroatoms. The van der Waals surface area contributed by atoms with Crippen molar-refractivity contribution >= 4 is 5.69 Å². The van der Waals surface area contributed by atoms with Gasteiger partial charge in [0.1, 0.15) is 0 Å². The lowest BCUT2D eigenvalue weighted by molar-refractivity contribution is -0.385. The van der Waals surface area contributed by atoms with Crippen LogP contribution in [0, 0.1) is 16.2 Å². The number of hydrogen-bond acceptors (Lipinski definition) is 2. The molecule has 1 saturated carbocycles. The highest BCUT2D eigenvalue weighted by atomic mass is 16.6. The van der Waals surface area contributed by atoms with E-state index in [9.17, 15) is 10.1 Å². The van der Waals surface area contributed by atoms with Gasteiger partial charge in [-0.3, -0.25) is 10.1 Å². The first-order chi connectivity index (χ1) is 6.72. The van der Waals surface area contributed by atoms with Gasteiger partial charge in [0, 0.05) is 11.6 Å². The van der Waals surface area contributed by atoms with Crippen molar-refractivity contribution in [3.8, 4) is 0 Å². The molecular weight excluding hydrogens is 178 g/mol. The van der Waals surface area contributed by atoms with Crippen molar-refractivity contribution in [2.45, 2.75) is 18.8 Å². The molecule has 14 heavy (non-hydrogen) atoms. The van der Waals surface area contributed by atoms with Crippen LogP contribution in [-0.4, -0.2) is 4.92 Å². The van der Waals surface area contributed by atoms with E-state index < -0.39 is 0 Å². The molecule has 0 atom stereocenters. The fraction of sp³-hybridized carbons (Fsp3) is 0.273. The lowest BCUT2D eigenvalue weighted by Gasteiger charge is -2.01. The first kappa shape index (κ1) is 8.94. The van der Waals surface area contributed by atoms with E-state index in [1.54, 1.807) is 12.1 Å². The number of hydrogen-bond donors (Lipinski definition) is 0. The van der Waals surface area contributed by atoms with Crippen molar-refractivity contribution in [3.63, 3.8) is 0 Å². The van der Waals surface area contributed by atoms with Crippen LogP contribution in [0.4, 0.5) is 5.69 Å². The zero-order chi connectivity index (χ0) is 10.1. The predicted molar refractivity (Wildman–Crippen MR) is 53.0 cm³/mol. The monoisotopic (exact) mass is 188 g/mol. The Balaban J connectivity index is 2.48. The molecule has 1 aliphatic rings. The number of nitro groups is 1. The van der Waals surface area contributed by atoms with Gasteiger partial charge >= 0.3 is 0 Å². The van der Waals surface area contributed by atoms with Crippen LogP contribution >= 0.6 is 0 Å². The SMILES string of the molecule is C=[C]c1ccc([N+](=O)[O-])c(C2CC2)c1. The average Bonchev–Trinajstić information content (AvgIpc) is 3.00. The standard InChI is InChI=1S/C11H10NO2/c1-2-8-3-6-11(12(13)14)10(7-8)9-4-5-9/h3,6-7,9H,1,4-5H2.